The Hall–Kier alpha value is -1.51. The van der Waals surface area contributed by atoms with Crippen LogP contribution in [0.15, 0.2) is 18.2 Å². The fourth-order valence-electron chi connectivity index (χ4n) is 2.75. The third kappa shape index (κ3) is 4.31. The molecule has 6 nitrogen and oxygen atoms in total. The summed E-state index contributed by atoms with van der Waals surface area (Å²) in [6, 6.07) is 4.28. The standard InChI is InChI=1S/C16H23FN2O4S/c1-11-4-5-14(17)6-12(11)7-16(21)19-8-13(15(20)9-19)10-24(22,23)18(2)3/h4-6,13,15,20H,7-10H2,1-3H3/t13-,15+/m0/s1. The highest BCUT2D eigenvalue weighted by Crippen LogP contribution is 2.21. The first-order chi connectivity index (χ1) is 11.1. The maximum Gasteiger partial charge on any atom is 0.227 e. The van der Waals surface area contributed by atoms with E-state index in [1.54, 1.807) is 13.0 Å². The van der Waals surface area contributed by atoms with Crippen molar-refractivity contribution in [1.82, 2.24) is 9.21 Å². The topological polar surface area (TPSA) is 77.9 Å². The van der Waals surface area contributed by atoms with E-state index in [1.807, 2.05) is 0 Å². The predicted octanol–water partition coefficient (Wildman–Crippen LogP) is 0.387. The number of sulfonamides is 1. The minimum Gasteiger partial charge on any atom is -0.391 e. The first-order valence-corrected chi connectivity index (χ1v) is 9.32. The monoisotopic (exact) mass is 358 g/mol. The van der Waals surface area contributed by atoms with Gasteiger partial charge >= 0.3 is 0 Å². The summed E-state index contributed by atoms with van der Waals surface area (Å²) in [5, 5.41) is 10.1. The summed E-state index contributed by atoms with van der Waals surface area (Å²) in [5.74, 6) is -1.37. The van der Waals surface area contributed by atoms with Crippen LogP contribution in [0.3, 0.4) is 0 Å². The third-order valence-electron chi connectivity index (χ3n) is 4.39. The molecular formula is C16H23FN2O4S. The summed E-state index contributed by atoms with van der Waals surface area (Å²) in [6.07, 6.45) is -0.846. The number of aliphatic hydroxyl groups excluding tert-OH is 1. The number of amides is 1. The van der Waals surface area contributed by atoms with Crippen LogP contribution in [0.1, 0.15) is 11.1 Å². The van der Waals surface area contributed by atoms with Crippen molar-refractivity contribution in [1.29, 1.82) is 0 Å². The van der Waals surface area contributed by atoms with Gasteiger partial charge in [-0.2, -0.15) is 0 Å². The predicted molar refractivity (Wildman–Crippen MR) is 88.4 cm³/mol. The molecule has 1 heterocycles. The molecule has 2 atom stereocenters. The summed E-state index contributed by atoms with van der Waals surface area (Å²) in [4.78, 5) is 13.9. The van der Waals surface area contributed by atoms with Gasteiger partial charge in [0.2, 0.25) is 15.9 Å². The van der Waals surface area contributed by atoms with E-state index < -0.39 is 27.9 Å². The zero-order valence-corrected chi connectivity index (χ0v) is 14.9. The molecule has 1 aromatic rings. The molecule has 24 heavy (non-hydrogen) atoms. The van der Waals surface area contributed by atoms with Crippen LogP contribution in [0.5, 0.6) is 0 Å². The Labute approximate surface area is 141 Å². The van der Waals surface area contributed by atoms with Crippen molar-refractivity contribution in [2.75, 3.05) is 32.9 Å². The second-order valence-corrected chi connectivity index (χ2v) is 8.66. The molecule has 0 radical (unpaired) electrons. The van der Waals surface area contributed by atoms with Crippen molar-refractivity contribution in [3.8, 4) is 0 Å². The van der Waals surface area contributed by atoms with Crippen LogP contribution < -0.4 is 0 Å². The SMILES string of the molecule is Cc1ccc(F)cc1CC(=O)N1C[C@@H](CS(=O)(=O)N(C)C)[C@H](O)C1. The van der Waals surface area contributed by atoms with Gasteiger partial charge < -0.3 is 10.0 Å². The minimum absolute atomic E-state index is 0.0312. The lowest BCUT2D eigenvalue weighted by Gasteiger charge is -2.18. The minimum atomic E-state index is -3.45. The smallest absolute Gasteiger partial charge is 0.227 e. The van der Waals surface area contributed by atoms with E-state index in [4.69, 9.17) is 0 Å². The van der Waals surface area contributed by atoms with Crippen LogP contribution in [0.2, 0.25) is 0 Å². The number of halogens is 1. The number of nitrogens with zero attached hydrogens (tertiary/aromatic N) is 2. The van der Waals surface area contributed by atoms with Gasteiger partial charge in [0.1, 0.15) is 5.82 Å². The van der Waals surface area contributed by atoms with Crippen molar-refractivity contribution in [2.24, 2.45) is 5.92 Å². The molecule has 1 N–H and O–H groups in total. The fraction of sp³-hybridized carbons (Fsp3) is 0.562. The van der Waals surface area contributed by atoms with E-state index in [1.165, 1.54) is 31.1 Å². The van der Waals surface area contributed by atoms with Gasteiger partial charge in [0.15, 0.2) is 0 Å². The Bertz CT molecular complexity index is 721. The Morgan fingerprint density at radius 1 is 1.38 bits per heavy atom. The highest BCUT2D eigenvalue weighted by Gasteiger charge is 2.37. The van der Waals surface area contributed by atoms with Gasteiger partial charge in [-0.15, -0.1) is 0 Å². The Morgan fingerprint density at radius 3 is 2.67 bits per heavy atom. The number of carbonyl (C=O) groups is 1. The quantitative estimate of drug-likeness (QED) is 0.826. The molecule has 0 aliphatic carbocycles. The van der Waals surface area contributed by atoms with Gasteiger partial charge in [0, 0.05) is 33.1 Å². The normalized spacial score (nSPS) is 21.5. The van der Waals surface area contributed by atoms with Crippen molar-refractivity contribution >= 4 is 15.9 Å². The lowest BCUT2D eigenvalue weighted by atomic mass is 10.1. The summed E-state index contributed by atoms with van der Waals surface area (Å²) >= 11 is 0. The van der Waals surface area contributed by atoms with Gasteiger partial charge in [-0.25, -0.2) is 17.1 Å². The van der Waals surface area contributed by atoms with Crippen LogP contribution in [0.4, 0.5) is 4.39 Å². The number of rotatable bonds is 5. The van der Waals surface area contributed by atoms with Crippen LogP contribution in [0.25, 0.3) is 0 Å². The largest absolute Gasteiger partial charge is 0.391 e. The van der Waals surface area contributed by atoms with Crippen molar-refractivity contribution < 1.29 is 22.7 Å². The number of hydrogen-bond acceptors (Lipinski definition) is 4. The maximum absolute atomic E-state index is 13.3. The lowest BCUT2D eigenvalue weighted by molar-refractivity contribution is -0.129. The average Bonchev–Trinajstić information content (AvgIpc) is 2.83. The molecule has 1 aliphatic rings. The van der Waals surface area contributed by atoms with Crippen LogP contribution in [-0.4, -0.2) is 67.7 Å². The molecule has 1 fully saturated rings. The molecule has 0 saturated carbocycles. The van der Waals surface area contributed by atoms with Gasteiger partial charge in [-0.1, -0.05) is 6.07 Å². The molecule has 0 unspecified atom stereocenters. The van der Waals surface area contributed by atoms with Gasteiger partial charge in [-0.3, -0.25) is 4.79 Å². The molecule has 1 aromatic carbocycles. The van der Waals surface area contributed by atoms with E-state index in [9.17, 15) is 22.7 Å². The van der Waals surface area contributed by atoms with Crippen molar-refractivity contribution in [3.05, 3.63) is 35.1 Å². The van der Waals surface area contributed by atoms with Crippen molar-refractivity contribution in [3.63, 3.8) is 0 Å². The molecular weight excluding hydrogens is 335 g/mol. The first-order valence-electron chi connectivity index (χ1n) is 7.71. The molecule has 0 spiro atoms. The van der Waals surface area contributed by atoms with Crippen LogP contribution in [0, 0.1) is 18.7 Å². The Balaban J connectivity index is 2.03. The number of benzene rings is 1. The van der Waals surface area contributed by atoms with Crippen molar-refractivity contribution in [2.45, 2.75) is 19.4 Å². The summed E-state index contributed by atoms with van der Waals surface area (Å²) < 4.78 is 38.3. The maximum atomic E-state index is 13.3. The second-order valence-electron chi connectivity index (χ2n) is 6.43. The number of likely N-dealkylation sites (tertiary alicyclic amines) is 1. The van der Waals surface area contributed by atoms with E-state index >= 15 is 0 Å². The van der Waals surface area contributed by atoms with E-state index in [0.29, 0.717) is 5.56 Å². The molecule has 1 saturated heterocycles. The number of β-amino-alcohol motifs (C(OH)–C–C–N with tert-alkyl or cyclic N) is 1. The van der Waals surface area contributed by atoms with E-state index in [2.05, 4.69) is 0 Å². The Kier molecular flexibility index (Phi) is 5.62. The van der Waals surface area contributed by atoms with E-state index in [0.717, 1.165) is 9.87 Å². The summed E-state index contributed by atoms with van der Waals surface area (Å²) in [6.45, 7) is 2.08. The number of aliphatic hydroxyl groups is 1. The molecule has 2 rings (SSSR count). The molecule has 8 heteroatoms. The third-order valence-corrected chi connectivity index (χ3v) is 6.36. The van der Waals surface area contributed by atoms with Gasteiger partial charge in [0.25, 0.3) is 0 Å². The molecule has 0 bridgehead atoms. The summed E-state index contributed by atoms with van der Waals surface area (Å²) in [7, 11) is -0.575. The van der Waals surface area contributed by atoms with Crippen LogP contribution >= 0.6 is 0 Å². The summed E-state index contributed by atoms with van der Waals surface area (Å²) in [5.41, 5.74) is 1.41. The molecule has 134 valence electrons. The average molecular weight is 358 g/mol. The Morgan fingerprint density at radius 2 is 2.04 bits per heavy atom. The number of aryl methyl sites for hydroxylation is 1. The van der Waals surface area contributed by atoms with Crippen LogP contribution in [-0.2, 0) is 21.2 Å². The van der Waals surface area contributed by atoms with Gasteiger partial charge in [-0.05, 0) is 30.2 Å². The highest BCUT2D eigenvalue weighted by atomic mass is 32.2. The van der Waals surface area contributed by atoms with E-state index in [-0.39, 0.29) is 31.2 Å². The second kappa shape index (κ2) is 7.16. The zero-order valence-electron chi connectivity index (χ0n) is 14.1. The first kappa shape index (κ1) is 18.8. The highest BCUT2D eigenvalue weighted by molar-refractivity contribution is 7.89. The number of carbonyl (C=O) groups excluding carboxylic acids is 1. The number of hydrogen-bond donors (Lipinski definition) is 1. The zero-order chi connectivity index (χ0) is 18.1. The fourth-order valence-corrected chi connectivity index (χ4v) is 3.91. The van der Waals surface area contributed by atoms with Gasteiger partial charge in [0.05, 0.1) is 18.3 Å². The molecule has 1 aliphatic heterocycles. The molecule has 1 amide bonds. The molecule has 0 aromatic heterocycles. The lowest BCUT2D eigenvalue weighted by Crippen LogP contribution is -2.34.